The van der Waals surface area contributed by atoms with Crippen LogP contribution in [0.4, 0.5) is 0 Å². The minimum Gasteiger partial charge on any atom is -0.443 e. The Bertz CT molecular complexity index is 456. The highest BCUT2D eigenvalue weighted by Gasteiger charge is 2.51. The molecule has 0 radical (unpaired) electrons. The summed E-state index contributed by atoms with van der Waals surface area (Å²) in [5.74, 6) is 1.46. The van der Waals surface area contributed by atoms with Crippen LogP contribution < -0.4 is 0 Å². The molecule has 0 N–H and O–H groups in total. The molecular formula is C13H18N2O2. The molecule has 17 heavy (non-hydrogen) atoms. The number of fused-ring (bicyclic) bond motifs is 2. The van der Waals surface area contributed by atoms with Crippen molar-refractivity contribution in [3.63, 3.8) is 0 Å². The van der Waals surface area contributed by atoms with Crippen molar-refractivity contribution < 1.29 is 9.21 Å². The summed E-state index contributed by atoms with van der Waals surface area (Å²) in [5.41, 5.74) is 0.344. The fraction of sp³-hybridized carbons (Fsp3) is 0.692. The second-order valence-corrected chi connectivity index (χ2v) is 5.22. The Labute approximate surface area is 101 Å². The van der Waals surface area contributed by atoms with Crippen molar-refractivity contribution in [3.8, 4) is 0 Å². The molecule has 3 rings (SSSR count). The highest BCUT2D eigenvalue weighted by molar-refractivity contribution is 5.97. The summed E-state index contributed by atoms with van der Waals surface area (Å²) in [6, 6.07) is 0. The quantitative estimate of drug-likeness (QED) is 0.693. The van der Waals surface area contributed by atoms with E-state index in [2.05, 4.69) is 4.98 Å². The number of aryl methyl sites for hydroxylation is 1. The Morgan fingerprint density at radius 2 is 1.88 bits per heavy atom. The highest BCUT2D eigenvalue weighted by atomic mass is 16.4. The number of hydrogen-bond acceptors (Lipinski definition) is 3. The Morgan fingerprint density at radius 3 is 2.53 bits per heavy atom. The van der Waals surface area contributed by atoms with Crippen LogP contribution in [0, 0.1) is 6.92 Å². The number of rotatable bonds is 0. The second kappa shape index (κ2) is 3.59. The van der Waals surface area contributed by atoms with E-state index in [1.807, 2.05) is 18.9 Å². The van der Waals surface area contributed by atoms with Gasteiger partial charge in [-0.3, -0.25) is 4.79 Å². The topological polar surface area (TPSA) is 46.3 Å². The Balaban J connectivity index is 2.11. The predicted octanol–water partition coefficient (Wildman–Crippen LogP) is 2.62. The lowest BCUT2D eigenvalue weighted by Crippen LogP contribution is -2.40. The van der Waals surface area contributed by atoms with Crippen LogP contribution in [-0.4, -0.2) is 22.8 Å². The zero-order valence-corrected chi connectivity index (χ0v) is 10.5. The van der Waals surface area contributed by atoms with Crippen LogP contribution >= 0.6 is 0 Å². The van der Waals surface area contributed by atoms with Crippen molar-refractivity contribution in [2.75, 3.05) is 7.05 Å². The van der Waals surface area contributed by atoms with Crippen molar-refractivity contribution in [3.05, 3.63) is 17.3 Å². The van der Waals surface area contributed by atoms with Gasteiger partial charge >= 0.3 is 0 Å². The van der Waals surface area contributed by atoms with E-state index >= 15 is 0 Å². The van der Waals surface area contributed by atoms with Gasteiger partial charge in [-0.05, 0) is 12.8 Å². The summed E-state index contributed by atoms with van der Waals surface area (Å²) in [4.78, 5) is 18.3. The molecule has 1 amide bonds. The fourth-order valence-corrected chi connectivity index (χ4v) is 3.27. The van der Waals surface area contributed by atoms with E-state index in [9.17, 15) is 4.79 Å². The van der Waals surface area contributed by atoms with Gasteiger partial charge < -0.3 is 9.32 Å². The number of oxazole rings is 1. The molecule has 1 spiro atoms. The maximum atomic E-state index is 12.2. The molecule has 0 bridgehead atoms. The number of aromatic nitrogens is 1. The molecule has 1 fully saturated rings. The molecular weight excluding hydrogens is 216 g/mol. The first-order valence-corrected chi connectivity index (χ1v) is 6.41. The fourth-order valence-electron chi connectivity index (χ4n) is 3.27. The summed E-state index contributed by atoms with van der Waals surface area (Å²) in [7, 11) is 1.89. The average molecular weight is 234 g/mol. The molecule has 0 aromatic carbocycles. The van der Waals surface area contributed by atoms with Crippen molar-refractivity contribution in [2.24, 2.45) is 0 Å². The number of carbonyl (C=O) groups excluding carboxylic acids is 1. The zero-order chi connectivity index (χ0) is 12.0. The summed E-state index contributed by atoms with van der Waals surface area (Å²) < 4.78 is 5.74. The van der Waals surface area contributed by atoms with Gasteiger partial charge in [0.2, 0.25) is 0 Å². The molecule has 4 nitrogen and oxygen atoms in total. The van der Waals surface area contributed by atoms with E-state index in [1.165, 1.54) is 12.8 Å². The average Bonchev–Trinajstić information content (AvgIpc) is 2.65. The van der Waals surface area contributed by atoms with Gasteiger partial charge in [-0.15, -0.1) is 0 Å². The van der Waals surface area contributed by atoms with E-state index < -0.39 is 0 Å². The first-order chi connectivity index (χ1) is 8.15. The van der Waals surface area contributed by atoms with Crippen LogP contribution in [0.1, 0.15) is 60.7 Å². The van der Waals surface area contributed by atoms with E-state index in [1.54, 1.807) is 0 Å². The molecule has 1 aliphatic carbocycles. The third-order valence-electron chi connectivity index (χ3n) is 4.24. The summed E-state index contributed by atoms with van der Waals surface area (Å²) in [5, 5.41) is 0. The summed E-state index contributed by atoms with van der Waals surface area (Å²) in [6.07, 6.45) is 6.86. The minimum absolute atomic E-state index is 0.0266. The molecule has 0 saturated heterocycles. The van der Waals surface area contributed by atoms with E-state index in [4.69, 9.17) is 4.42 Å². The van der Waals surface area contributed by atoms with Crippen molar-refractivity contribution in [2.45, 2.75) is 51.0 Å². The first kappa shape index (κ1) is 10.8. The smallest absolute Gasteiger partial charge is 0.276 e. The molecule has 2 aliphatic rings. The van der Waals surface area contributed by atoms with Crippen LogP contribution in [0.2, 0.25) is 0 Å². The Hall–Kier alpha value is -1.32. The molecule has 1 aliphatic heterocycles. The first-order valence-electron chi connectivity index (χ1n) is 6.41. The van der Waals surface area contributed by atoms with Crippen molar-refractivity contribution in [1.29, 1.82) is 0 Å². The lowest BCUT2D eigenvalue weighted by molar-refractivity contribution is 0.0537. The van der Waals surface area contributed by atoms with E-state index in [0.29, 0.717) is 11.6 Å². The Morgan fingerprint density at radius 1 is 1.24 bits per heavy atom. The molecule has 0 unspecified atom stereocenters. The van der Waals surface area contributed by atoms with Gasteiger partial charge in [0.15, 0.2) is 17.3 Å². The molecule has 4 heteroatoms. The number of amides is 1. The zero-order valence-electron chi connectivity index (χ0n) is 10.5. The lowest BCUT2D eigenvalue weighted by Gasteiger charge is -2.34. The van der Waals surface area contributed by atoms with Crippen LogP contribution in [0.3, 0.4) is 0 Å². The van der Waals surface area contributed by atoms with Gasteiger partial charge in [-0.1, -0.05) is 25.7 Å². The minimum atomic E-state index is -0.204. The van der Waals surface area contributed by atoms with Crippen molar-refractivity contribution >= 4 is 5.91 Å². The van der Waals surface area contributed by atoms with Crippen LogP contribution in [-0.2, 0) is 5.54 Å². The van der Waals surface area contributed by atoms with Crippen LogP contribution in [0.5, 0.6) is 0 Å². The standard InChI is InChI=1S/C13H18N2O2/c1-9-14-10-11(17-9)13(15(2)12(10)16)7-5-3-4-6-8-13/h3-8H2,1-2H3. The van der Waals surface area contributed by atoms with E-state index in [-0.39, 0.29) is 11.4 Å². The molecule has 1 aromatic rings. The van der Waals surface area contributed by atoms with Crippen LogP contribution in [0.25, 0.3) is 0 Å². The highest BCUT2D eigenvalue weighted by Crippen LogP contribution is 2.47. The number of hydrogen-bond donors (Lipinski definition) is 0. The van der Waals surface area contributed by atoms with Gasteiger partial charge in [0.25, 0.3) is 5.91 Å². The van der Waals surface area contributed by atoms with Gasteiger partial charge in [0, 0.05) is 14.0 Å². The predicted molar refractivity (Wildman–Crippen MR) is 62.7 cm³/mol. The monoisotopic (exact) mass is 234 g/mol. The van der Waals surface area contributed by atoms with Gasteiger partial charge in [-0.25, -0.2) is 4.98 Å². The molecule has 0 atom stereocenters. The number of nitrogens with zero attached hydrogens (tertiary/aromatic N) is 2. The lowest BCUT2D eigenvalue weighted by atomic mass is 9.88. The molecule has 1 aromatic heterocycles. The van der Waals surface area contributed by atoms with Gasteiger partial charge in [0.1, 0.15) is 5.54 Å². The summed E-state index contributed by atoms with van der Waals surface area (Å²) in [6.45, 7) is 1.82. The van der Waals surface area contributed by atoms with Gasteiger partial charge in [0.05, 0.1) is 0 Å². The van der Waals surface area contributed by atoms with Gasteiger partial charge in [-0.2, -0.15) is 0 Å². The summed E-state index contributed by atoms with van der Waals surface area (Å²) >= 11 is 0. The largest absolute Gasteiger partial charge is 0.443 e. The SMILES string of the molecule is Cc1nc2c(o1)C1(CCCCCC1)N(C)C2=O. The van der Waals surface area contributed by atoms with Crippen molar-refractivity contribution in [1.82, 2.24) is 9.88 Å². The molecule has 1 saturated carbocycles. The Kier molecular flexibility index (Phi) is 2.28. The van der Waals surface area contributed by atoms with Crippen LogP contribution in [0.15, 0.2) is 4.42 Å². The maximum Gasteiger partial charge on any atom is 0.276 e. The third kappa shape index (κ3) is 1.36. The number of carbonyl (C=O) groups is 1. The molecule has 92 valence electrons. The second-order valence-electron chi connectivity index (χ2n) is 5.22. The normalized spacial score (nSPS) is 22.9. The molecule has 2 heterocycles. The third-order valence-corrected chi connectivity index (χ3v) is 4.24. The maximum absolute atomic E-state index is 12.2. The van der Waals surface area contributed by atoms with E-state index in [0.717, 1.165) is 31.4 Å².